The van der Waals surface area contributed by atoms with Gasteiger partial charge in [0, 0.05) is 0 Å². The first-order chi connectivity index (χ1) is 7.57. The lowest BCUT2D eigenvalue weighted by molar-refractivity contribution is 1.61. The molecule has 0 fully saturated rings. The lowest BCUT2D eigenvalue weighted by Gasteiger charge is -2.17. The van der Waals surface area contributed by atoms with Gasteiger partial charge >= 0.3 is 0 Å². The van der Waals surface area contributed by atoms with Gasteiger partial charge in [-0.05, 0) is 17.2 Å². The van der Waals surface area contributed by atoms with Crippen molar-refractivity contribution in [2.75, 3.05) is 0 Å². The van der Waals surface area contributed by atoms with Crippen molar-refractivity contribution in [2.24, 2.45) is 0 Å². The van der Waals surface area contributed by atoms with Crippen molar-refractivity contribution in [3.8, 4) is 11.1 Å². The maximum absolute atomic E-state index is 3.32. The average Bonchev–Trinajstić information content (AvgIpc) is 2.29. The Balaban J connectivity index is 2.45. The fraction of sp³-hybridized carbons (Fsp3) is 0.200. The molecule has 1 radical (unpaired) electrons. The number of rotatable bonds is 2. The van der Waals surface area contributed by atoms with Crippen LogP contribution in [0.5, 0.6) is 0 Å². The van der Waals surface area contributed by atoms with Gasteiger partial charge < -0.3 is 0 Å². The van der Waals surface area contributed by atoms with E-state index in [1.54, 1.807) is 0 Å². The van der Waals surface area contributed by atoms with Crippen LogP contribution >= 0.6 is 0 Å². The molecule has 0 bridgehead atoms. The molecule has 0 aliphatic heterocycles. The summed E-state index contributed by atoms with van der Waals surface area (Å²) < 4.78 is 0. The minimum absolute atomic E-state index is 1.21. The van der Waals surface area contributed by atoms with Crippen molar-refractivity contribution >= 4 is 13.3 Å². The monoisotopic (exact) mass is 225 g/mol. The highest BCUT2D eigenvalue weighted by atomic mass is 28.3. The van der Waals surface area contributed by atoms with Gasteiger partial charge in [0.15, 0.2) is 0 Å². The lowest BCUT2D eigenvalue weighted by Crippen LogP contribution is -2.37. The third-order valence-electron chi connectivity index (χ3n) is 2.75. The number of benzene rings is 2. The van der Waals surface area contributed by atoms with E-state index in [0.717, 1.165) is 0 Å². The van der Waals surface area contributed by atoms with Gasteiger partial charge in [0.1, 0.15) is 0 Å². The molecule has 1 heteroatoms. The standard InChI is InChI=1S/C15H17Si/c1-16(2,3)15-11-7-10-14(12-15)13-8-5-4-6-9-13/h4-9,11-12H,1-3H3. The molecule has 0 aliphatic rings. The summed E-state index contributed by atoms with van der Waals surface area (Å²) in [5.41, 5.74) is 2.46. The highest BCUT2D eigenvalue weighted by Crippen LogP contribution is 2.17. The highest BCUT2D eigenvalue weighted by molar-refractivity contribution is 6.88. The maximum atomic E-state index is 3.32. The molecule has 0 saturated heterocycles. The second-order valence-corrected chi connectivity index (χ2v) is 10.2. The van der Waals surface area contributed by atoms with E-state index in [9.17, 15) is 0 Å². The maximum Gasteiger partial charge on any atom is 0.0776 e. The van der Waals surface area contributed by atoms with Crippen LogP contribution in [0.4, 0.5) is 0 Å². The summed E-state index contributed by atoms with van der Waals surface area (Å²) in [6, 6.07) is 20.3. The number of hydrogen-bond acceptors (Lipinski definition) is 0. The highest BCUT2D eigenvalue weighted by Gasteiger charge is 2.16. The molecule has 2 aromatic rings. The molecule has 2 aromatic carbocycles. The molecule has 0 saturated carbocycles. The number of hydrogen-bond donors (Lipinski definition) is 0. The van der Waals surface area contributed by atoms with E-state index in [2.05, 4.69) is 68.2 Å². The molecule has 0 heterocycles. The molecule has 0 atom stereocenters. The Bertz CT molecular complexity index is 466. The van der Waals surface area contributed by atoms with Crippen molar-refractivity contribution < 1.29 is 0 Å². The van der Waals surface area contributed by atoms with Crippen LogP contribution in [0.25, 0.3) is 11.1 Å². The largest absolute Gasteiger partial charge is 0.0776 e. The van der Waals surface area contributed by atoms with Crippen molar-refractivity contribution in [3.05, 3.63) is 54.6 Å². The summed E-state index contributed by atoms with van der Waals surface area (Å²) in [5, 5.41) is 1.49. The molecule has 2 rings (SSSR count). The first-order valence-electron chi connectivity index (χ1n) is 5.65. The van der Waals surface area contributed by atoms with E-state index in [1.807, 2.05) is 6.07 Å². The van der Waals surface area contributed by atoms with Gasteiger partial charge in [-0.1, -0.05) is 73.4 Å². The Morgan fingerprint density at radius 1 is 0.938 bits per heavy atom. The minimum atomic E-state index is -1.22. The van der Waals surface area contributed by atoms with Crippen molar-refractivity contribution in [2.45, 2.75) is 19.6 Å². The SMILES string of the molecule is C[Si](C)(C)c1cc[c]c(-c2ccccc2)c1. The van der Waals surface area contributed by atoms with Crippen molar-refractivity contribution in [3.63, 3.8) is 0 Å². The molecule has 0 aromatic heterocycles. The lowest BCUT2D eigenvalue weighted by atomic mass is 10.1. The van der Waals surface area contributed by atoms with Crippen LogP contribution in [0.15, 0.2) is 48.5 Å². The molecule has 0 unspecified atom stereocenters. The van der Waals surface area contributed by atoms with Gasteiger partial charge in [-0.25, -0.2) is 0 Å². The van der Waals surface area contributed by atoms with E-state index in [1.165, 1.54) is 16.3 Å². The summed E-state index contributed by atoms with van der Waals surface area (Å²) in [7, 11) is -1.22. The molecular formula is C15H17Si. The predicted octanol–water partition coefficient (Wildman–Crippen LogP) is 3.70. The van der Waals surface area contributed by atoms with Crippen LogP contribution < -0.4 is 5.19 Å². The smallest absolute Gasteiger partial charge is 0.0656 e. The van der Waals surface area contributed by atoms with Gasteiger partial charge in [0.25, 0.3) is 0 Å². The Hall–Kier alpha value is -1.34. The van der Waals surface area contributed by atoms with Crippen LogP contribution in [0, 0.1) is 6.07 Å². The second kappa shape index (κ2) is 4.26. The average molecular weight is 225 g/mol. The van der Waals surface area contributed by atoms with Crippen LogP contribution in [-0.2, 0) is 0 Å². The molecule has 16 heavy (non-hydrogen) atoms. The molecule has 0 amide bonds. The normalized spacial score (nSPS) is 11.4. The predicted molar refractivity (Wildman–Crippen MR) is 73.7 cm³/mol. The van der Waals surface area contributed by atoms with Crippen molar-refractivity contribution in [1.29, 1.82) is 0 Å². The molecule has 0 nitrogen and oxygen atoms in total. The summed E-state index contributed by atoms with van der Waals surface area (Å²) >= 11 is 0. The third-order valence-corrected chi connectivity index (χ3v) is 4.80. The van der Waals surface area contributed by atoms with E-state index < -0.39 is 8.07 Å². The van der Waals surface area contributed by atoms with Gasteiger partial charge in [-0.3, -0.25) is 0 Å². The first kappa shape index (κ1) is 11.2. The fourth-order valence-electron chi connectivity index (χ4n) is 1.72. The van der Waals surface area contributed by atoms with E-state index in [-0.39, 0.29) is 0 Å². The van der Waals surface area contributed by atoms with Crippen molar-refractivity contribution in [1.82, 2.24) is 0 Å². The summed E-state index contributed by atoms with van der Waals surface area (Å²) in [6.45, 7) is 7.12. The Labute approximate surface area is 99.0 Å². The first-order valence-corrected chi connectivity index (χ1v) is 9.15. The van der Waals surface area contributed by atoms with Crippen LogP contribution in [0.1, 0.15) is 0 Å². The zero-order valence-electron chi connectivity index (χ0n) is 10.1. The third kappa shape index (κ3) is 2.42. The van der Waals surface area contributed by atoms with Crippen LogP contribution in [0.3, 0.4) is 0 Å². The molecule has 0 spiro atoms. The molecular weight excluding hydrogens is 208 g/mol. The molecule has 0 N–H and O–H groups in total. The topological polar surface area (TPSA) is 0 Å². The quantitative estimate of drug-likeness (QED) is 0.684. The molecule has 81 valence electrons. The van der Waals surface area contributed by atoms with E-state index >= 15 is 0 Å². The summed E-state index contributed by atoms with van der Waals surface area (Å²) in [5.74, 6) is 0. The van der Waals surface area contributed by atoms with E-state index in [4.69, 9.17) is 0 Å². The second-order valence-electron chi connectivity index (χ2n) is 5.11. The van der Waals surface area contributed by atoms with Gasteiger partial charge in [0.05, 0.1) is 8.07 Å². The Kier molecular flexibility index (Phi) is 2.97. The Morgan fingerprint density at radius 3 is 2.25 bits per heavy atom. The zero-order chi connectivity index (χ0) is 11.6. The van der Waals surface area contributed by atoms with Crippen LogP contribution in [0.2, 0.25) is 19.6 Å². The summed E-state index contributed by atoms with van der Waals surface area (Å²) in [4.78, 5) is 0. The fourth-order valence-corrected chi connectivity index (χ4v) is 2.88. The zero-order valence-corrected chi connectivity index (χ0v) is 11.1. The van der Waals surface area contributed by atoms with Gasteiger partial charge in [0.2, 0.25) is 0 Å². The van der Waals surface area contributed by atoms with Crippen LogP contribution in [-0.4, -0.2) is 8.07 Å². The Morgan fingerprint density at radius 2 is 1.62 bits per heavy atom. The van der Waals surface area contributed by atoms with Gasteiger partial charge in [-0.15, -0.1) is 0 Å². The summed E-state index contributed by atoms with van der Waals surface area (Å²) in [6.07, 6.45) is 0. The van der Waals surface area contributed by atoms with Gasteiger partial charge in [-0.2, -0.15) is 0 Å². The van der Waals surface area contributed by atoms with E-state index in [0.29, 0.717) is 0 Å². The molecule has 0 aliphatic carbocycles. The minimum Gasteiger partial charge on any atom is -0.0656 e.